The van der Waals surface area contributed by atoms with Gasteiger partial charge in [0.1, 0.15) is 22.9 Å². The number of nitrogen functional groups attached to an aromatic ring is 1. The summed E-state index contributed by atoms with van der Waals surface area (Å²) in [5, 5.41) is 11.9. The summed E-state index contributed by atoms with van der Waals surface area (Å²) >= 11 is 7.73. The molecule has 0 unspecified atom stereocenters. The average Bonchev–Trinajstić information content (AvgIpc) is 3.52. The Balaban J connectivity index is 1.74. The van der Waals surface area contributed by atoms with Crippen LogP contribution in [0.2, 0.25) is 5.02 Å². The summed E-state index contributed by atoms with van der Waals surface area (Å²) < 4.78 is 27.0. The number of nitrogens with two attached hydrogens (primary N) is 1. The van der Waals surface area contributed by atoms with Crippen LogP contribution in [0.3, 0.4) is 0 Å². The van der Waals surface area contributed by atoms with Gasteiger partial charge in [0.25, 0.3) is 5.56 Å². The van der Waals surface area contributed by atoms with E-state index in [2.05, 4.69) is 9.36 Å². The molecule has 0 radical (unpaired) electrons. The second-order valence-electron chi connectivity index (χ2n) is 7.95. The smallest absolute Gasteiger partial charge is 0.353 e. The van der Waals surface area contributed by atoms with E-state index in [9.17, 15) is 14.7 Å². The number of nitrogens with zero attached hydrogens (tertiary/aromatic N) is 2. The van der Waals surface area contributed by atoms with Crippen LogP contribution in [0.5, 0.6) is 0 Å². The van der Waals surface area contributed by atoms with Gasteiger partial charge in [-0.05, 0) is 53.5 Å². The number of H-pyrrole nitrogens is 1. The van der Waals surface area contributed by atoms with Crippen molar-refractivity contribution < 1.29 is 18.7 Å². The first-order valence-electron chi connectivity index (χ1n) is 10.3. The number of hydrogen-bond acceptors (Lipinski definition) is 6. The van der Waals surface area contributed by atoms with E-state index in [1.807, 2.05) is 0 Å². The summed E-state index contributed by atoms with van der Waals surface area (Å²) in [6, 6.07) is 9.25. The van der Waals surface area contributed by atoms with E-state index in [0.717, 1.165) is 4.70 Å². The summed E-state index contributed by atoms with van der Waals surface area (Å²) in [7, 11) is 0. The first-order chi connectivity index (χ1) is 16.8. The third kappa shape index (κ3) is 3.14. The molecule has 35 heavy (non-hydrogen) atoms. The zero-order chi connectivity index (χ0) is 24.4. The molecule has 0 bridgehead atoms. The van der Waals surface area contributed by atoms with Gasteiger partial charge >= 0.3 is 5.97 Å². The van der Waals surface area contributed by atoms with Crippen molar-refractivity contribution in [2.24, 2.45) is 0 Å². The molecule has 174 valence electrons. The van der Waals surface area contributed by atoms with Gasteiger partial charge in [-0.2, -0.15) is 4.37 Å². The lowest BCUT2D eigenvalue weighted by atomic mass is 10.0. The topological polar surface area (TPSA) is 127 Å². The van der Waals surface area contributed by atoms with E-state index in [1.54, 1.807) is 18.2 Å². The van der Waals surface area contributed by atoms with Crippen LogP contribution in [-0.2, 0) is 6.54 Å². The Morgan fingerprint density at radius 1 is 1.29 bits per heavy atom. The van der Waals surface area contributed by atoms with Crippen molar-refractivity contribution in [1.82, 2.24) is 13.9 Å². The quantitative estimate of drug-likeness (QED) is 0.289. The fourth-order valence-corrected chi connectivity index (χ4v) is 5.50. The zero-order valence-electron chi connectivity index (χ0n) is 17.6. The largest absolute Gasteiger partial charge is 0.477 e. The number of carbonyl (C=O) groups is 1. The van der Waals surface area contributed by atoms with E-state index in [-0.39, 0.29) is 39.9 Å². The van der Waals surface area contributed by atoms with Gasteiger partial charge in [-0.1, -0.05) is 11.6 Å². The summed E-state index contributed by atoms with van der Waals surface area (Å²) in [4.78, 5) is 28.0. The first-order valence-corrected chi connectivity index (χ1v) is 11.5. The Labute approximate surface area is 204 Å². The van der Waals surface area contributed by atoms with Gasteiger partial charge < -0.3 is 24.8 Å². The molecule has 0 saturated heterocycles. The Morgan fingerprint density at radius 2 is 2.11 bits per heavy atom. The lowest BCUT2D eigenvalue weighted by molar-refractivity contribution is 0.0687. The van der Waals surface area contributed by atoms with Gasteiger partial charge in [-0.15, -0.1) is 0 Å². The molecule has 4 heterocycles. The number of aromatic amines is 1. The molecule has 0 atom stereocenters. The third-order valence-corrected chi connectivity index (χ3v) is 7.18. The average molecular weight is 509 g/mol. The zero-order valence-corrected chi connectivity index (χ0v) is 19.2. The minimum atomic E-state index is -1.30. The van der Waals surface area contributed by atoms with Crippen LogP contribution in [0.15, 0.2) is 58.1 Å². The van der Waals surface area contributed by atoms with Crippen LogP contribution in [-0.4, -0.2) is 25.0 Å². The number of rotatable bonds is 4. The molecule has 0 spiro atoms. The molecule has 4 N–H and O–H groups in total. The summed E-state index contributed by atoms with van der Waals surface area (Å²) in [5.74, 6) is -1.55. The number of anilines is 1. The van der Waals surface area contributed by atoms with Gasteiger partial charge in [0, 0.05) is 28.7 Å². The van der Waals surface area contributed by atoms with E-state index in [0.29, 0.717) is 27.2 Å². The fourth-order valence-electron chi connectivity index (χ4n) is 4.49. The first kappa shape index (κ1) is 21.4. The molecular formula is C24H14ClFN4O4S. The molecule has 11 heteroatoms. The normalized spacial score (nSPS) is 11.7. The number of aromatic carboxylic acids is 1. The van der Waals surface area contributed by atoms with Gasteiger partial charge in [-0.3, -0.25) is 4.79 Å². The molecule has 0 fully saturated rings. The highest BCUT2D eigenvalue weighted by Gasteiger charge is 2.29. The maximum Gasteiger partial charge on any atom is 0.353 e. The van der Waals surface area contributed by atoms with Crippen LogP contribution in [0.4, 0.5) is 10.2 Å². The summed E-state index contributed by atoms with van der Waals surface area (Å²) in [6.45, 7) is -0.0292. The highest BCUT2D eigenvalue weighted by atomic mass is 35.5. The van der Waals surface area contributed by atoms with Gasteiger partial charge in [0.05, 0.1) is 32.8 Å². The fraction of sp³-hybridized carbons (Fsp3) is 0.0417. The highest BCUT2D eigenvalue weighted by Crippen LogP contribution is 2.41. The van der Waals surface area contributed by atoms with E-state index >= 15 is 4.39 Å². The van der Waals surface area contributed by atoms with Gasteiger partial charge in [0.2, 0.25) is 0 Å². The van der Waals surface area contributed by atoms with Crippen molar-refractivity contribution in [3.63, 3.8) is 0 Å². The van der Waals surface area contributed by atoms with Crippen molar-refractivity contribution in [2.75, 3.05) is 5.73 Å². The second kappa shape index (κ2) is 7.69. The molecule has 0 amide bonds. The van der Waals surface area contributed by atoms with Crippen LogP contribution in [0.1, 0.15) is 16.1 Å². The molecule has 0 saturated carbocycles. The van der Waals surface area contributed by atoms with Crippen LogP contribution >= 0.6 is 23.1 Å². The van der Waals surface area contributed by atoms with Crippen LogP contribution in [0, 0.1) is 5.82 Å². The monoisotopic (exact) mass is 508 g/mol. The van der Waals surface area contributed by atoms with Crippen LogP contribution in [0.25, 0.3) is 43.1 Å². The molecular weight excluding hydrogens is 495 g/mol. The van der Waals surface area contributed by atoms with E-state index < -0.39 is 17.3 Å². The number of hydrogen-bond donors (Lipinski definition) is 3. The summed E-state index contributed by atoms with van der Waals surface area (Å²) in [5.41, 5.74) is 6.48. The van der Waals surface area contributed by atoms with E-state index in [4.69, 9.17) is 21.8 Å². The van der Waals surface area contributed by atoms with Gasteiger partial charge in [-0.25, -0.2) is 9.18 Å². The minimum absolute atomic E-state index is 0.0292. The number of benzene rings is 2. The number of carboxylic acids is 1. The highest BCUT2D eigenvalue weighted by molar-refractivity contribution is 7.13. The molecule has 0 aliphatic heterocycles. The third-order valence-electron chi connectivity index (χ3n) is 6.00. The predicted molar refractivity (Wildman–Crippen MR) is 133 cm³/mol. The number of carboxylic acid groups (broad SMARTS) is 1. The molecule has 6 rings (SSSR count). The standard InChI is InChI=1S/C24H14ClFN4O4S/c25-14-7-17-13(22(27)29-35-17)6-10(14)9-30-16-8-15(26)11-3-5-34-21(11)19(16)18(20(30)24(32)33)12-2-1-4-28-23(12)31/h1-8H,9H2,(H2,27,29)(H,28,31)(H,32,33). The maximum absolute atomic E-state index is 15.1. The van der Waals surface area contributed by atoms with Crippen molar-refractivity contribution in [1.29, 1.82) is 0 Å². The Bertz CT molecular complexity index is 1880. The van der Waals surface area contributed by atoms with Crippen molar-refractivity contribution in [3.8, 4) is 11.1 Å². The van der Waals surface area contributed by atoms with Crippen molar-refractivity contribution >= 4 is 66.9 Å². The Kier molecular flexibility index (Phi) is 4.70. The molecule has 2 aromatic carbocycles. The predicted octanol–water partition coefficient (Wildman–Crippen LogP) is 5.47. The number of nitrogens with one attached hydrogen (secondary N) is 1. The molecule has 4 aromatic heterocycles. The van der Waals surface area contributed by atoms with Crippen LogP contribution < -0.4 is 11.3 Å². The minimum Gasteiger partial charge on any atom is -0.477 e. The lowest BCUT2D eigenvalue weighted by Gasteiger charge is -2.11. The number of aromatic nitrogens is 3. The number of halogens is 2. The number of pyridine rings is 1. The molecule has 0 aliphatic rings. The Hall–Kier alpha value is -4.15. The molecule has 6 aromatic rings. The molecule has 0 aliphatic carbocycles. The van der Waals surface area contributed by atoms with Crippen molar-refractivity contribution in [3.05, 3.63) is 81.3 Å². The molecule has 8 nitrogen and oxygen atoms in total. The number of furan rings is 1. The van der Waals surface area contributed by atoms with E-state index in [1.165, 1.54) is 46.8 Å². The second-order valence-corrected chi connectivity index (χ2v) is 9.16. The SMILES string of the molecule is Nc1nsc2cc(Cl)c(Cn3c(C(=O)O)c(-c4ccc[nH]c4=O)c4c5occc5c(F)cc43)cc12. The van der Waals surface area contributed by atoms with Crippen molar-refractivity contribution in [2.45, 2.75) is 6.54 Å². The lowest BCUT2D eigenvalue weighted by Crippen LogP contribution is -2.13. The number of fused-ring (bicyclic) bond motifs is 4. The Morgan fingerprint density at radius 3 is 2.89 bits per heavy atom. The van der Waals surface area contributed by atoms with Gasteiger partial charge in [0.15, 0.2) is 0 Å². The maximum atomic E-state index is 15.1. The summed E-state index contributed by atoms with van der Waals surface area (Å²) in [6.07, 6.45) is 2.77.